The van der Waals surface area contributed by atoms with Crippen molar-refractivity contribution < 1.29 is 9.53 Å². The lowest BCUT2D eigenvalue weighted by atomic mass is 10.1. The van der Waals surface area contributed by atoms with Crippen LogP contribution < -0.4 is 15.4 Å². The van der Waals surface area contributed by atoms with Gasteiger partial charge in [-0.25, -0.2) is 4.98 Å². The first-order chi connectivity index (χ1) is 14.7. The molecule has 0 saturated carbocycles. The number of aromatic nitrogens is 1. The van der Waals surface area contributed by atoms with E-state index in [2.05, 4.69) is 10.6 Å². The van der Waals surface area contributed by atoms with Crippen LogP contribution in [0.3, 0.4) is 0 Å². The highest BCUT2D eigenvalue weighted by Gasteiger charge is 2.20. The second-order valence-corrected chi connectivity index (χ2v) is 7.46. The topological polar surface area (TPSA) is 63.2 Å². The third kappa shape index (κ3) is 4.67. The Balaban J connectivity index is 1.63. The van der Waals surface area contributed by atoms with Gasteiger partial charge in [0.2, 0.25) is 0 Å². The zero-order chi connectivity index (χ0) is 20.8. The maximum Gasteiger partial charge on any atom is 0.268 e. The third-order valence-electron chi connectivity index (χ3n) is 4.33. The smallest absolute Gasteiger partial charge is 0.268 e. The minimum atomic E-state index is -0.183. The number of nitrogens with zero attached hydrogens (tertiary/aromatic N) is 1. The summed E-state index contributed by atoms with van der Waals surface area (Å²) in [6.07, 6.45) is 0. The Kier molecular flexibility index (Phi) is 6.06. The molecule has 30 heavy (non-hydrogen) atoms. The van der Waals surface area contributed by atoms with Crippen LogP contribution in [0.15, 0.2) is 84.9 Å². The SMILES string of the molecule is CCOc1ccc(Nc2nc(-c3ccccc3)c(C(=O)Nc3ccccc3)s2)cc1. The fourth-order valence-corrected chi connectivity index (χ4v) is 3.86. The van der Waals surface area contributed by atoms with Crippen LogP contribution in [0.2, 0.25) is 0 Å². The normalized spacial score (nSPS) is 10.4. The highest BCUT2D eigenvalue weighted by atomic mass is 32.1. The Morgan fingerprint density at radius 2 is 1.57 bits per heavy atom. The van der Waals surface area contributed by atoms with Crippen LogP contribution in [-0.4, -0.2) is 17.5 Å². The lowest BCUT2D eigenvalue weighted by Crippen LogP contribution is -2.11. The average Bonchev–Trinajstić information content (AvgIpc) is 3.21. The quantitative estimate of drug-likeness (QED) is 0.377. The van der Waals surface area contributed by atoms with E-state index >= 15 is 0 Å². The molecule has 0 saturated heterocycles. The number of amides is 1. The highest BCUT2D eigenvalue weighted by molar-refractivity contribution is 7.18. The molecule has 0 aliphatic carbocycles. The van der Waals surface area contributed by atoms with Gasteiger partial charge in [-0.2, -0.15) is 0 Å². The molecule has 0 spiro atoms. The summed E-state index contributed by atoms with van der Waals surface area (Å²) in [5, 5.41) is 6.90. The first-order valence-corrected chi connectivity index (χ1v) is 10.5. The van der Waals surface area contributed by atoms with Gasteiger partial charge in [0.1, 0.15) is 10.6 Å². The lowest BCUT2D eigenvalue weighted by molar-refractivity contribution is 0.103. The van der Waals surface area contributed by atoms with E-state index in [-0.39, 0.29) is 5.91 Å². The number of rotatable bonds is 7. The van der Waals surface area contributed by atoms with Crippen molar-refractivity contribution in [3.05, 3.63) is 89.8 Å². The number of anilines is 3. The molecule has 1 amide bonds. The minimum Gasteiger partial charge on any atom is -0.494 e. The van der Waals surface area contributed by atoms with E-state index in [0.29, 0.717) is 22.3 Å². The predicted molar refractivity (Wildman–Crippen MR) is 123 cm³/mol. The predicted octanol–water partition coefficient (Wildman–Crippen LogP) is 6.20. The molecule has 6 heteroatoms. The molecule has 0 atom stereocenters. The number of carbonyl (C=O) groups excluding carboxylic acids is 1. The van der Waals surface area contributed by atoms with Crippen molar-refractivity contribution in [3.63, 3.8) is 0 Å². The molecule has 1 heterocycles. The van der Waals surface area contributed by atoms with E-state index in [0.717, 1.165) is 22.7 Å². The van der Waals surface area contributed by atoms with E-state index < -0.39 is 0 Å². The second kappa shape index (κ2) is 9.24. The molecule has 0 radical (unpaired) electrons. The van der Waals surface area contributed by atoms with E-state index in [1.165, 1.54) is 11.3 Å². The summed E-state index contributed by atoms with van der Waals surface area (Å²) in [4.78, 5) is 18.3. The van der Waals surface area contributed by atoms with Gasteiger partial charge in [0.25, 0.3) is 5.91 Å². The van der Waals surface area contributed by atoms with Gasteiger partial charge in [-0.15, -0.1) is 0 Å². The minimum absolute atomic E-state index is 0.183. The number of para-hydroxylation sites is 1. The van der Waals surface area contributed by atoms with Crippen molar-refractivity contribution in [1.29, 1.82) is 0 Å². The molecule has 0 bridgehead atoms. The van der Waals surface area contributed by atoms with E-state index in [1.54, 1.807) is 0 Å². The number of nitrogens with one attached hydrogen (secondary N) is 2. The number of hydrogen-bond acceptors (Lipinski definition) is 5. The maximum atomic E-state index is 13.0. The molecule has 2 N–H and O–H groups in total. The van der Waals surface area contributed by atoms with Gasteiger partial charge in [-0.3, -0.25) is 4.79 Å². The summed E-state index contributed by atoms with van der Waals surface area (Å²) in [6, 6.07) is 26.8. The number of ether oxygens (including phenoxy) is 1. The molecule has 0 unspecified atom stereocenters. The first kappa shape index (κ1) is 19.7. The zero-order valence-electron chi connectivity index (χ0n) is 16.5. The molecule has 0 aliphatic heterocycles. The Morgan fingerprint density at radius 1 is 0.900 bits per heavy atom. The van der Waals surface area contributed by atoms with Gasteiger partial charge >= 0.3 is 0 Å². The van der Waals surface area contributed by atoms with Crippen LogP contribution in [0, 0.1) is 0 Å². The molecule has 4 rings (SSSR count). The lowest BCUT2D eigenvalue weighted by Gasteiger charge is -2.05. The number of hydrogen-bond donors (Lipinski definition) is 2. The Bertz CT molecular complexity index is 1110. The van der Waals surface area contributed by atoms with Crippen LogP contribution in [0.1, 0.15) is 16.6 Å². The molecule has 150 valence electrons. The van der Waals surface area contributed by atoms with Gasteiger partial charge in [0, 0.05) is 16.9 Å². The fourth-order valence-electron chi connectivity index (χ4n) is 2.95. The zero-order valence-corrected chi connectivity index (χ0v) is 17.3. The number of thiazole rings is 1. The summed E-state index contributed by atoms with van der Waals surface area (Å²) in [7, 11) is 0. The van der Waals surface area contributed by atoms with Crippen LogP contribution in [0.4, 0.5) is 16.5 Å². The molecular weight excluding hydrogens is 394 g/mol. The van der Waals surface area contributed by atoms with Gasteiger partial charge in [0.05, 0.1) is 12.3 Å². The van der Waals surface area contributed by atoms with Gasteiger partial charge in [-0.1, -0.05) is 59.9 Å². The summed E-state index contributed by atoms with van der Waals surface area (Å²) < 4.78 is 5.49. The van der Waals surface area contributed by atoms with E-state index in [4.69, 9.17) is 9.72 Å². The van der Waals surface area contributed by atoms with Crippen LogP contribution in [-0.2, 0) is 0 Å². The molecule has 0 aliphatic rings. The van der Waals surface area contributed by atoms with E-state index in [1.807, 2.05) is 91.9 Å². The highest BCUT2D eigenvalue weighted by Crippen LogP contribution is 2.33. The summed E-state index contributed by atoms with van der Waals surface area (Å²) in [5.74, 6) is 0.632. The summed E-state index contributed by atoms with van der Waals surface area (Å²) in [6.45, 7) is 2.58. The van der Waals surface area contributed by atoms with Crippen molar-refractivity contribution in [2.75, 3.05) is 17.2 Å². The van der Waals surface area contributed by atoms with E-state index in [9.17, 15) is 4.79 Å². The molecule has 5 nitrogen and oxygen atoms in total. The Hall–Kier alpha value is -3.64. The molecule has 4 aromatic rings. The first-order valence-electron chi connectivity index (χ1n) is 9.65. The van der Waals surface area contributed by atoms with Crippen molar-refractivity contribution >= 4 is 33.8 Å². The molecule has 0 fully saturated rings. The number of carbonyl (C=O) groups is 1. The monoisotopic (exact) mass is 415 g/mol. The summed E-state index contributed by atoms with van der Waals surface area (Å²) >= 11 is 1.33. The maximum absolute atomic E-state index is 13.0. The summed E-state index contributed by atoms with van der Waals surface area (Å²) in [5.41, 5.74) is 3.17. The van der Waals surface area contributed by atoms with Crippen LogP contribution in [0.25, 0.3) is 11.3 Å². The Morgan fingerprint density at radius 3 is 2.23 bits per heavy atom. The van der Waals surface area contributed by atoms with Crippen molar-refractivity contribution in [2.45, 2.75) is 6.92 Å². The number of benzene rings is 3. The van der Waals surface area contributed by atoms with Crippen LogP contribution in [0.5, 0.6) is 5.75 Å². The van der Waals surface area contributed by atoms with Crippen LogP contribution >= 0.6 is 11.3 Å². The molecule has 3 aromatic carbocycles. The molecular formula is C24H21N3O2S. The van der Waals surface area contributed by atoms with Crippen molar-refractivity contribution in [3.8, 4) is 17.0 Å². The molecule has 1 aromatic heterocycles. The fraction of sp³-hybridized carbons (Fsp3) is 0.0833. The van der Waals surface area contributed by atoms with Gasteiger partial charge < -0.3 is 15.4 Å². The largest absolute Gasteiger partial charge is 0.494 e. The van der Waals surface area contributed by atoms with Crippen molar-refractivity contribution in [1.82, 2.24) is 4.98 Å². The van der Waals surface area contributed by atoms with Crippen molar-refractivity contribution in [2.24, 2.45) is 0 Å². The third-order valence-corrected chi connectivity index (χ3v) is 5.30. The van der Waals surface area contributed by atoms with Gasteiger partial charge in [0.15, 0.2) is 5.13 Å². The second-order valence-electron chi connectivity index (χ2n) is 6.47. The van der Waals surface area contributed by atoms with Gasteiger partial charge in [-0.05, 0) is 43.3 Å². The average molecular weight is 416 g/mol. The Labute approximate surface area is 179 Å². The standard InChI is InChI=1S/C24H21N3O2S/c1-2-29-20-15-13-19(14-16-20)26-24-27-21(17-9-5-3-6-10-17)22(30-24)23(28)25-18-11-7-4-8-12-18/h3-16H,2H2,1H3,(H,25,28)(H,26,27).